The molecule has 0 atom stereocenters. The minimum atomic E-state index is -0.742. The molecule has 0 radical (unpaired) electrons. The molecule has 4 heterocycles. The third-order valence-electron chi connectivity index (χ3n) is 8.78. The molecule has 50 heavy (non-hydrogen) atoms. The van der Waals surface area contributed by atoms with Crippen molar-refractivity contribution in [2.45, 2.75) is 52.8 Å². The molecule has 250 valence electrons. The van der Waals surface area contributed by atoms with Gasteiger partial charge < -0.3 is 14.2 Å². The topological polar surface area (TPSA) is 113 Å². The van der Waals surface area contributed by atoms with Gasteiger partial charge in [0.1, 0.15) is 23.2 Å². The van der Waals surface area contributed by atoms with Gasteiger partial charge in [-0.2, -0.15) is 5.26 Å². The molecule has 1 N–H and O–H groups in total. The summed E-state index contributed by atoms with van der Waals surface area (Å²) in [5.41, 5.74) is 6.61. The van der Waals surface area contributed by atoms with E-state index >= 15 is 0 Å². The molecular formula is C40H36N6O3S. The van der Waals surface area contributed by atoms with Gasteiger partial charge in [-0.3, -0.25) is 10.1 Å². The summed E-state index contributed by atoms with van der Waals surface area (Å²) in [6.07, 6.45) is 0.704. The maximum Gasteiger partial charge on any atom is 0.358 e. The number of aromatic nitrogens is 3. The molecule has 0 saturated carbocycles. The van der Waals surface area contributed by atoms with E-state index in [1.807, 2.05) is 117 Å². The smallest absolute Gasteiger partial charge is 0.358 e. The van der Waals surface area contributed by atoms with E-state index in [9.17, 15) is 14.9 Å². The van der Waals surface area contributed by atoms with Gasteiger partial charge in [-0.25, -0.2) is 14.8 Å². The zero-order chi connectivity index (χ0) is 35.0. The van der Waals surface area contributed by atoms with Crippen LogP contribution in [-0.2, 0) is 24.2 Å². The third kappa shape index (κ3) is 6.60. The molecule has 1 aliphatic heterocycles. The second-order valence-electron chi connectivity index (χ2n) is 13.3. The van der Waals surface area contributed by atoms with Crippen LogP contribution >= 0.6 is 11.3 Å². The minimum Gasteiger partial charge on any atom is -0.455 e. The number of ether oxygens (including phenoxy) is 1. The summed E-state index contributed by atoms with van der Waals surface area (Å²) in [4.78, 5) is 39.0. The van der Waals surface area contributed by atoms with Gasteiger partial charge >= 0.3 is 5.97 Å². The molecule has 0 aliphatic carbocycles. The number of nitriles is 1. The van der Waals surface area contributed by atoms with Crippen molar-refractivity contribution in [1.82, 2.24) is 14.5 Å². The Morgan fingerprint density at radius 2 is 1.74 bits per heavy atom. The van der Waals surface area contributed by atoms with Crippen molar-refractivity contribution in [2.75, 3.05) is 16.8 Å². The quantitative estimate of drug-likeness (QED) is 0.169. The van der Waals surface area contributed by atoms with E-state index in [0.717, 1.165) is 38.2 Å². The molecular weight excluding hydrogens is 645 g/mol. The summed E-state index contributed by atoms with van der Waals surface area (Å²) < 4.78 is 8.83. The molecule has 9 nitrogen and oxygen atoms in total. The van der Waals surface area contributed by atoms with Crippen LogP contribution in [0.1, 0.15) is 69.7 Å². The maximum absolute atomic E-state index is 13.8. The molecule has 10 heteroatoms. The van der Waals surface area contributed by atoms with E-state index in [0.29, 0.717) is 53.8 Å². The number of benzene rings is 3. The molecule has 3 aromatic carbocycles. The number of carbonyl (C=O) groups excluding carboxylic acids is 2. The van der Waals surface area contributed by atoms with Gasteiger partial charge in [0.25, 0.3) is 5.91 Å². The predicted molar refractivity (Wildman–Crippen MR) is 197 cm³/mol. The fraction of sp³-hybridized carbons (Fsp3) is 0.225. The molecule has 0 unspecified atom stereocenters. The first-order valence-corrected chi connectivity index (χ1v) is 17.3. The zero-order valence-corrected chi connectivity index (χ0v) is 29.2. The van der Waals surface area contributed by atoms with E-state index in [-0.39, 0.29) is 11.6 Å². The number of hydrogen-bond donors (Lipinski definition) is 1. The van der Waals surface area contributed by atoms with Gasteiger partial charge in [0.05, 0.1) is 10.2 Å². The van der Waals surface area contributed by atoms with Gasteiger partial charge in [0.2, 0.25) is 0 Å². The lowest BCUT2D eigenvalue weighted by Crippen LogP contribution is -2.33. The Morgan fingerprint density at radius 3 is 2.50 bits per heavy atom. The molecule has 7 rings (SSSR count). The SMILES string of the molecule is Cc1c(-c2ccc(N3CCc4cccc(C(=O)Nc5nc6ccccc6s5)c4C3)nc2C(=O)OC(C)(C)C)cc(C#N)n1Cc1ccccc1. The molecule has 0 spiro atoms. The van der Waals surface area contributed by atoms with Crippen LogP contribution in [0.3, 0.4) is 0 Å². The largest absolute Gasteiger partial charge is 0.455 e. The van der Waals surface area contributed by atoms with Crippen LogP contribution in [0.5, 0.6) is 0 Å². The lowest BCUT2D eigenvalue weighted by atomic mass is 9.94. The van der Waals surface area contributed by atoms with E-state index in [1.165, 1.54) is 11.3 Å². The average molecular weight is 681 g/mol. The van der Waals surface area contributed by atoms with Crippen LogP contribution in [0, 0.1) is 18.3 Å². The number of pyridine rings is 1. The minimum absolute atomic E-state index is 0.175. The van der Waals surface area contributed by atoms with Crippen molar-refractivity contribution >= 4 is 44.4 Å². The van der Waals surface area contributed by atoms with Crippen molar-refractivity contribution in [2.24, 2.45) is 0 Å². The number of fused-ring (bicyclic) bond motifs is 2. The number of hydrogen-bond acceptors (Lipinski definition) is 8. The summed E-state index contributed by atoms with van der Waals surface area (Å²) in [7, 11) is 0. The second-order valence-corrected chi connectivity index (χ2v) is 14.4. The van der Waals surface area contributed by atoms with Crippen LogP contribution in [0.25, 0.3) is 21.3 Å². The number of esters is 1. The van der Waals surface area contributed by atoms with Crippen LogP contribution < -0.4 is 10.2 Å². The van der Waals surface area contributed by atoms with E-state index in [1.54, 1.807) is 0 Å². The number of nitrogens with one attached hydrogen (secondary N) is 1. The summed E-state index contributed by atoms with van der Waals surface area (Å²) in [5.74, 6) is -0.163. The maximum atomic E-state index is 13.8. The van der Waals surface area contributed by atoms with Crippen LogP contribution in [0.15, 0.2) is 91.0 Å². The number of thiazole rings is 1. The van der Waals surface area contributed by atoms with Crippen molar-refractivity contribution in [1.29, 1.82) is 5.26 Å². The molecule has 6 aromatic rings. The second kappa shape index (κ2) is 13.3. The zero-order valence-electron chi connectivity index (χ0n) is 28.4. The Labute approximate surface area is 294 Å². The number of nitrogens with zero attached hydrogens (tertiary/aromatic N) is 5. The van der Waals surface area contributed by atoms with E-state index in [2.05, 4.69) is 27.3 Å². The standard InChI is InChI=1S/C40H36N6O3S/c1-25-31(21-28(22-41)46(25)23-26-11-6-5-7-12-26)29-17-18-35(43-36(29)38(48)49-40(2,3)4)45-20-19-27-13-10-14-30(32(27)24-45)37(47)44-39-42-33-15-8-9-16-34(33)50-39/h5-18,21H,19-20,23-24H2,1-4H3,(H,42,44,47). The first kappa shape index (κ1) is 32.7. The number of rotatable bonds is 7. The van der Waals surface area contributed by atoms with Crippen LogP contribution in [0.2, 0.25) is 0 Å². The van der Waals surface area contributed by atoms with Crippen molar-refractivity contribution in [3.05, 3.63) is 130 Å². The van der Waals surface area contributed by atoms with E-state index in [4.69, 9.17) is 9.72 Å². The normalized spacial score (nSPS) is 12.7. The third-order valence-corrected chi connectivity index (χ3v) is 9.74. The fourth-order valence-electron chi connectivity index (χ4n) is 6.38. The lowest BCUT2D eigenvalue weighted by molar-refractivity contribution is 0.00638. The molecule has 0 bridgehead atoms. The Hall–Kier alpha value is -5.79. The Bertz CT molecular complexity index is 2260. The highest BCUT2D eigenvalue weighted by Crippen LogP contribution is 2.34. The summed E-state index contributed by atoms with van der Waals surface area (Å²) in [6.45, 7) is 9.04. The Kier molecular flexibility index (Phi) is 8.68. The first-order valence-electron chi connectivity index (χ1n) is 16.5. The highest BCUT2D eigenvalue weighted by atomic mass is 32.1. The van der Waals surface area contributed by atoms with Crippen molar-refractivity contribution in [3.8, 4) is 17.2 Å². The monoisotopic (exact) mass is 680 g/mol. The summed E-state index contributed by atoms with van der Waals surface area (Å²) >= 11 is 1.44. The number of carbonyl (C=O) groups is 2. The predicted octanol–water partition coefficient (Wildman–Crippen LogP) is 8.16. The van der Waals surface area contributed by atoms with E-state index < -0.39 is 11.6 Å². The molecule has 3 aromatic heterocycles. The number of para-hydroxylation sites is 1. The summed E-state index contributed by atoms with van der Waals surface area (Å²) in [6, 6.07) is 31.5. The first-order chi connectivity index (χ1) is 24.1. The van der Waals surface area contributed by atoms with Gasteiger partial charge in [0, 0.05) is 42.0 Å². The molecule has 0 fully saturated rings. The van der Waals surface area contributed by atoms with Gasteiger partial charge in [-0.15, -0.1) is 0 Å². The van der Waals surface area contributed by atoms with Crippen molar-refractivity contribution in [3.63, 3.8) is 0 Å². The average Bonchev–Trinajstić information content (AvgIpc) is 3.66. The van der Waals surface area contributed by atoms with Crippen molar-refractivity contribution < 1.29 is 14.3 Å². The van der Waals surface area contributed by atoms with Gasteiger partial charge in [-0.05, 0) is 87.2 Å². The van der Waals surface area contributed by atoms with Crippen LogP contribution in [-0.4, -0.2) is 38.6 Å². The lowest BCUT2D eigenvalue weighted by Gasteiger charge is -2.31. The molecule has 0 saturated heterocycles. The Morgan fingerprint density at radius 1 is 0.960 bits per heavy atom. The molecule has 1 amide bonds. The Balaban J connectivity index is 1.22. The number of anilines is 2. The molecule has 1 aliphatic rings. The fourth-order valence-corrected chi connectivity index (χ4v) is 7.24. The number of amides is 1. The van der Waals surface area contributed by atoms with Crippen LogP contribution in [0.4, 0.5) is 10.9 Å². The van der Waals surface area contributed by atoms with Gasteiger partial charge in [-0.1, -0.05) is 65.9 Å². The summed E-state index contributed by atoms with van der Waals surface area (Å²) in [5, 5.41) is 13.6. The van der Waals surface area contributed by atoms with Gasteiger partial charge in [0.15, 0.2) is 10.8 Å². The highest BCUT2D eigenvalue weighted by molar-refractivity contribution is 7.22. The highest BCUT2D eigenvalue weighted by Gasteiger charge is 2.28.